The minimum Gasteiger partial charge on any atom is -0.493 e. The lowest BCUT2D eigenvalue weighted by atomic mass is 10.1. The van der Waals surface area contributed by atoms with Crippen molar-refractivity contribution in [2.24, 2.45) is 0 Å². The lowest BCUT2D eigenvalue weighted by Gasteiger charge is -2.09. The number of fused-ring (bicyclic) bond motifs is 1. The van der Waals surface area contributed by atoms with E-state index >= 15 is 0 Å². The van der Waals surface area contributed by atoms with Crippen LogP contribution in [-0.4, -0.2) is 32.1 Å². The van der Waals surface area contributed by atoms with Crippen LogP contribution in [0.1, 0.15) is 16.1 Å². The molecule has 0 amide bonds. The van der Waals surface area contributed by atoms with Crippen molar-refractivity contribution >= 4 is 22.7 Å². The number of methoxy groups -OCH3 is 1. The zero-order chi connectivity index (χ0) is 18.5. The Bertz CT molecular complexity index is 940. The number of furan rings is 1. The molecule has 6 nitrogen and oxygen atoms in total. The summed E-state index contributed by atoms with van der Waals surface area (Å²) >= 11 is 0. The molecule has 0 spiro atoms. The number of ketones is 1. The van der Waals surface area contributed by atoms with Gasteiger partial charge >= 0.3 is 5.97 Å². The molecule has 0 aliphatic rings. The van der Waals surface area contributed by atoms with Gasteiger partial charge in [-0.15, -0.1) is 0 Å². The van der Waals surface area contributed by atoms with Gasteiger partial charge in [-0.3, -0.25) is 4.79 Å². The summed E-state index contributed by atoms with van der Waals surface area (Å²) < 4.78 is 21.1. The minimum absolute atomic E-state index is 0.199. The van der Waals surface area contributed by atoms with Gasteiger partial charge in [0.2, 0.25) is 5.78 Å². The molecule has 1 heterocycles. The smallest absolute Gasteiger partial charge is 0.344 e. The molecule has 0 bridgehead atoms. The lowest BCUT2D eigenvalue weighted by molar-refractivity contribution is -0.144. The molecule has 2 aromatic carbocycles. The standard InChI is InChI=1S/C20H18O6/c1-13-14-7-3-4-8-16(14)26-20(13)15(21)11-25-19(22)12-24-18-10-6-5-9-17(18)23-2/h3-10H,11-12H2,1-2H3. The van der Waals surface area contributed by atoms with Gasteiger partial charge in [0.25, 0.3) is 0 Å². The second-order valence-electron chi connectivity index (χ2n) is 5.58. The van der Waals surface area contributed by atoms with Gasteiger partial charge in [0, 0.05) is 10.9 Å². The molecule has 0 saturated carbocycles. The maximum atomic E-state index is 12.3. The van der Waals surface area contributed by atoms with Gasteiger partial charge in [-0.05, 0) is 25.1 Å². The average Bonchev–Trinajstić information content (AvgIpc) is 3.01. The van der Waals surface area contributed by atoms with Crippen molar-refractivity contribution in [1.82, 2.24) is 0 Å². The number of aryl methyl sites for hydroxylation is 1. The highest BCUT2D eigenvalue weighted by molar-refractivity contribution is 6.01. The zero-order valence-electron chi connectivity index (χ0n) is 14.5. The van der Waals surface area contributed by atoms with Gasteiger partial charge in [0.1, 0.15) is 5.58 Å². The van der Waals surface area contributed by atoms with Crippen LogP contribution in [0.5, 0.6) is 11.5 Å². The van der Waals surface area contributed by atoms with Gasteiger partial charge in [-0.2, -0.15) is 0 Å². The van der Waals surface area contributed by atoms with E-state index in [4.69, 9.17) is 18.6 Å². The Morgan fingerprint density at radius 2 is 1.65 bits per heavy atom. The fourth-order valence-electron chi connectivity index (χ4n) is 2.57. The summed E-state index contributed by atoms with van der Waals surface area (Å²) in [6, 6.07) is 14.3. The van der Waals surface area contributed by atoms with E-state index in [9.17, 15) is 9.59 Å². The zero-order valence-corrected chi connectivity index (χ0v) is 14.5. The molecular weight excluding hydrogens is 336 g/mol. The Labute approximate surface area is 150 Å². The van der Waals surface area contributed by atoms with E-state index in [2.05, 4.69) is 0 Å². The normalized spacial score (nSPS) is 10.5. The first-order chi connectivity index (χ1) is 12.6. The van der Waals surface area contributed by atoms with Gasteiger partial charge in [-0.25, -0.2) is 4.79 Å². The van der Waals surface area contributed by atoms with Crippen molar-refractivity contribution in [2.75, 3.05) is 20.3 Å². The van der Waals surface area contributed by atoms with E-state index in [1.165, 1.54) is 7.11 Å². The van der Waals surface area contributed by atoms with Gasteiger partial charge in [0.15, 0.2) is 30.5 Å². The van der Waals surface area contributed by atoms with E-state index in [-0.39, 0.29) is 12.4 Å². The number of Topliss-reactive ketones (excluding diaryl/α,β-unsaturated/α-hetero) is 1. The fraction of sp³-hybridized carbons (Fsp3) is 0.200. The molecule has 0 atom stereocenters. The summed E-state index contributed by atoms with van der Waals surface area (Å²) in [4.78, 5) is 24.1. The highest BCUT2D eigenvalue weighted by atomic mass is 16.6. The van der Waals surface area contributed by atoms with Crippen LogP contribution in [0.3, 0.4) is 0 Å². The summed E-state index contributed by atoms with van der Waals surface area (Å²) in [7, 11) is 1.51. The maximum absolute atomic E-state index is 12.3. The SMILES string of the molecule is COc1ccccc1OCC(=O)OCC(=O)c1oc2ccccc2c1C. The van der Waals surface area contributed by atoms with Crippen LogP contribution in [0.25, 0.3) is 11.0 Å². The molecule has 0 saturated heterocycles. The van der Waals surface area contributed by atoms with E-state index in [0.717, 1.165) is 10.9 Å². The van der Waals surface area contributed by atoms with Crippen LogP contribution in [-0.2, 0) is 9.53 Å². The first-order valence-electron chi connectivity index (χ1n) is 8.03. The summed E-state index contributed by atoms with van der Waals surface area (Å²) in [6.45, 7) is 1.06. The van der Waals surface area contributed by atoms with Crippen LogP contribution in [0.4, 0.5) is 0 Å². The molecule has 0 radical (unpaired) electrons. The Hall–Kier alpha value is -3.28. The number of para-hydroxylation sites is 3. The first-order valence-corrected chi connectivity index (χ1v) is 8.03. The molecule has 0 aliphatic heterocycles. The molecule has 0 aliphatic carbocycles. The monoisotopic (exact) mass is 354 g/mol. The van der Waals surface area contributed by atoms with E-state index in [0.29, 0.717) is 17.1 Å². The van der Waals surface area contributed by atoms with Crippen molar-refractivity contribution in [2.45, 2.75) is 6.92 Å². The van der Waals surface area contributed by atoms with Crippen LogP contribution >= 0.6 is 0 Å². The number of rotatable bonds is 7. The molecule has 26 heavy (non-hydrogen) atoms. The van der Waals surface area contributed by atoms with E-state index in [1.807, 2.05) is 18.2 Å². The predicted molar refractivity (Wildman–Crippen MR) is 94.7 cm³/mol. The van der Waals surface area contributed by atoms with Gasteiger partial charge in [-0.1, -0.05) is 30.3 Å². The van der Waals surface area contributed by atoms with Crippen LogP contribution in [0, 0.1) is 6.92 Å². The maximum Gasteiger partial charge on any atom is 0.344 e. The number of hydrogen-bond acceptors (Lipinski definition) is 6. The number of benzene rings is 2. The lowest BCUT2D eigenvalue weighted by Crippen LogP contribution is -2.19. The molecule has 0 unspecified atom stereocenters. The summed E-state index contributed by atoms with van der Waals surface area (Å²) in [5.74, 6) is 0.0766. The van der Waals surface area contributed by atoms with Crippen molar-refractivity contribution < 1.29 is 28.2 Å². The number of carbonyl (C=O) groups is 2. The fourth-order valence-corrected chi connectivity index (χ4v) is 2.57. The molecule has 1 aromatic heterocycles. The summed E-state index contributed by atoms with van der Waals surface area (Å²) in [5.41, 5.74) is 1.35. The van der Waals surface area contributed by atoms with Crippen molar-refractivity contribution in [3.05, 3.63) is 59.9 Å². The second kappa shape index (κ2) is 7.74. The third-order valence-corrected chi connectivity index (χ3v) is 3.88. The van der Waals surface area contributed by atoms with Crippen molar-refractivity contribution in [3.63, 3.8) is 0 Å². The number of esters is 1. The average molecular weight is 354 g/mol. The molecule has 0 N–H and O–H groups in total. The minimum atomic E-state index is -0.655. The van der Waals surface area contributed by atoms with Gasteiger partial charge < -0.3 is 18.6 Å². The number of ether oxygens (including phenoxy) is 3. The predicted octanol–water partition coefficient (Wildman–Crippen LogP) is 3.55. The Kier molecular flexibility index (Phi) is 5.22. The number of hydrogen-bond donors (Lipinski definition) is 0. The van der Waals surface area contributed by atoms with Crippen LogP contribution in [0.2, 0.25) is 0 Å². The van der Waals surface area contributed by atoms with Crippen molar-refractivity contribution in [1.29, 1.82) is 0 Å². The van der Waals surface area contributed by atoms with E-state index in [1.54, 1.807) is 37.3 Å². The third-order valence-electron chi connectivity index (χ3n) is 3.88. The van der Waals surface area contributed by atoms with Gasteiger partial charge in [0.05, 0.1) is 7.11 Å². The van der Waals surface area contributed by atoms with E-state index < -0.39 is 18.4 Å². The Morgan fingerprint density at radius 1 is 0.962 bits per heavy atom. The number of carbonyl (C=O) groups excluding carboxylic acids is 2. The Morgan fingerprint density at radius 3 is 2.38 bits per heavy atom. The quantitative estimate of drug-likeness (QED) is 0.477. The first kappa shape index (κ1) is 17.5. The largest absolute Gasteiger partial charge is 0.493 e. The van der Waals surface area contributed by atoms with Crippen LogP contribution in [0.15, 0.2) is 52.9 Å². The topological polar surface area (TPSA) is 75.0 Å². The molecular formula is C20H18O6. The summed E-state index contributed by atoms with van der Waals surface area (Å²) in [5, 5.41) is 0.863. The Balaban J connectivity index is 1.57. The molecule has 134 valence electrons. The van der Waals surface area contributed by atoms with Crippen LogP contribution < -0.4 is 9.47 Å². The molecule has 6 heteroatoms. The third kappa shape index (κ3) is 3.69. The second-order valence-corrected chi connectivity index (χ2v) is 5.58. The highest BCUT2D eigenvalue weighted by Crippen LogP contribution is 2.26. The summed E-state index contributed by atoms with van der Waals surface area (Å²) in [6.07, 6.45) is 0. The molecule has 0 fully saturated rings. The van der Waals surface area contributed by atoms with Crippen molar-refractivity contribution in [3.8, 4) is 11.5 Å². The molecule has 3 rings (SSSR count). The highest BCUT2D eigenvalue weighted by Gasteiger charge is 2.19. The molecule has 3 aromatic rings.